The normalized spacial score (nSPS) is 11.2. The van der Waals surface area contributed by atoms with E-state index >= 15 is 0 Å². The molecule has 0 bridgehead atoms. The number of benzene rings is 4. The molecule has 0 atom stereocenters. The molecular weight excluding hydrogens is 512 g/mol. The number of halogens is 1. The van der Waals surface area contributed by atoms with E-state index in [1.165, 1.54) is 29.2 Å². The van der Waals surface area contributed by atoms with Crippen LogP contribution in [0.2, 0.25) is 5.02 Å². The highest BCUT2D eigenvalue weighted by Crippen LogP contribution is 2.26. The third-order valence-corrected chi connectivity index (χ3v) is 8.52. The Labute approximate surface area is 221 Å². The second-order valence-electron chi connectivity index (χ2n) is 8.15. The van der Waals surface area contributed by atoms with Crippen molar-refractivity contribution in [2.24, 2.45) is 0 Å². The fourth-order valence-electron chi connectivity index (χ4n) is 3.46. The molecule has 0 heterocycles. The summed E-state index contributed by atoms with van der Waals surface area (Å²) in [7, 11) is -4.00. The first-order valence-electron chi connectivity index (χ1n) is 11.2. The molecule has 0 aliphatic heterocycles. The number of rotatable bonds is 9. The molecule has 1 N–H and O–H groups in total. The molecule has 0 unspecified atom stereocenters. The van der Waals surface area contributed by atoms with E-state index in [9.17, 15) is 13.2 Å². The molecule has 4 aromatic carbocycles. The number of thioether (sulfide) groups is 1. The predicted molar refractivity (Wildman–Crippen MR) is 148 cm³/mol. The molecule has 5 nitrogen and oxygen atoms in total. The van der Waals surface area contributed by atoms with Crippen molar-refractivity contribution in [3.05, 3.63) is 119 Å². The Hall–Kier alpha value is -3.26. The van der Waals surface area contributed by atoms with Crippen LogP contribution in [-0.4, -0.2) is 20.9 Å². The smallest absolute Gasteiger partial charge is 0.264 e. The molecule has 0 aliphatic rings. The van der Waals surface area contributed by atoms with Gasteiger partial charge in [-0.15, -0.1) is 11.8 Å². The van der Waals surface area contributed by atoms with Crippen LogP contribution in [0.25, 0.3) is 0 Å². The van der Waals surface area contributed by atoms with Gasteiger partial charge in [0.2, 0.25) is 5.91 Å². The lowest BCUT2D eigenvalue weighted by Crippen LogP contribution is -2.38. The van der Waals surface area contributed by atoms with E-state index in [4.69, 9.17) is 11.6 Å². The molecule has 8 heteroatoms. The number of amides is 1. The minimum absolute atomic E-state index is 0.0561. The van der Waals surface area contributed by atoms with Gasteiger partial charge in [-0.2, -0.15) is 0 Å². The molecule has 0 spiro atoms. The van der Waals surface area contributed by atoms with Gasteiger partial charge in [-0.3, -0.25) is 9.10 Å². The van der Waals surface area contributed by atoms with E-state index in [1.807, 2.05) is 61.5 Å². The first-order chi connectivity index (χ1) is 17.3. The molecule has 0 saturated heterocycles. The minimum Gasteiger partial charge on any atom is -0.325 e. The zero-order valence-electron chi connectivity index (χ0n) is 19.6. The average molecular weight is 537 g/mol. The van der Waals surface area contributed by atoms with E-state index in [2.05, 4.69) is 17.4 Å². The van der Waals surface area contributed by atoms with Crippen molar-refractivity contribution in [3.8, 4) is 0 Å². The Balaban J connectivity index is 1.48. The van der Waals surface area contributed by atoms with Crippen LogP contribution in [-0.2, 0) is 20.6 Å². The van der Waals surface area contributed by atoms with Crippen LogP contribution in [0.5, 0.6) is 0 Å². The van der Waals surface area contributed by atoms with Gasteiger partial charge in [-0.25, -0.2) is 8.42 Å². The summed E-state index contributed by atoms with van der Waals surface area (Å²) in [5.41, 5.74) is 3.10. The average Bonchev–Trinajstić information content (AvgIpc) is 2.88. The number of nitrogens with zero attached hydrogens (tertiary/aromatic N) is 1. The summed E-state index contributed by atoms with van der Waals surface area (Å²) in [6.45, 7) is 1.54. The van der Waals surface area contributed by atoms with E-state index < -0.39 is 15.9 Å². The van der Waals surface area contributed by atoms with Gasteiger partial charge in [-0.1, -0.05) is 59.6 Å². The maximum absolute atomic E-state index is 13.5. The van der Waals surface area contributed by atoms with Crippen molar-refractivity contribution in [2.75, 3.05) is 16.2 Å². The van der Waals surface area contributed by atoms with Crippen LogP contribution in [0.3, 0.4) is 0 Å². The van der Waals surface area contributed by atoms with E-state index in [0.717, 1.165) is 21.2 Å². The first-order valence-corrected chi connectivity index (χ1v) is 14.0. The highest BCUT2D eigenvalue weighted by molar-refractivity contribution is 7.98. The fourth-order valence-corrected chi connectivity index (χ4v) is 5.88. The third kappa shape index (κ3) is 6.69. The van der Waals surface area contributed by atoms with Gasteiger partial charge in [0.1, 0.15) is 6.54 Å². The molecular formula is C28H25ClN2O3S2. The summed E-state index contributed by atoms with van der Waals surface area (Å²) >= 11 is 7.67. The van der Waals surface area contributed by atoms with Crippen LogP contribution < -0.4 is 9.62 Å². The van der Waals surface area contributed by atoms with Crippen molar-refractivity contribution in [2.45, 2.75) is 22.5 Å². The highest BCUT2D eigenvalue weighted by atomic mass is 35.5. The number of hydrogen-bond donors (Lipinski definition) is 1. The van der Waals surface area contributed by atoms with E-state index in [-0.39, 0.29) is 11.4 Å². The SMILES string of the molecule is Cc1ccc(N(CC(=O)Nc2ccc(CSc3ccccc3)cc2)S(=O)(=O)c2ccc(Cl)cc2)cc1. The third-order valence-electron chi connectivity index (χ3n) is 5.40. The summed E-state index contributed by atoms with van der Waals surface area (Å²) < 4.78 is 28.0. The lowest BCUT2D eigenvalue weighted by molar-refractivity contribution is -0.114. The Morgan fingerprint density at radius 3 is 2.14 bits per heavy atom. The number of carbonyl (C=O) groups excluding carboxylic acids is 1. The summed E-state index contributed by atoms with van der Waals surface area (Å²) in [4.78, 5) is 14.2. The molecule has 36 heavy (non-hydrogen) atoms. The monoisotopic (exact) mass is 536 g/mol. The second-order valence-corrected chi connectivity index (χ2v) is 11.5. The topological polar surface area (TPSA) is 66.5 Å². The van der Waals surface area contributed by atoms with Crippen molar-refractivity contribution < 1.29 is 13.2 Å². The summed E-state index contributed by atoms with van der Waals surface area (Å²) in [5, 5.41) is 3.24. The molecule has 0 aromatic heterocycles. The zero-order valence-corrected chi connectivity index (χ0v) is 22.0. The molecule has 4 rings (SSSR count). The maximum atomic E-state index is 13.5. The highest BCUT2D eigenvalue weighted by Gasteiger charge is 2.27. The molecule has 1 amide bonds. The van der Waals surface area contributed by atoms with Crippen molar-refractivity contribution in [3.63, 3.8) is 0 Å². The Bertz CT molecular complexity index is 1410. The second kappa shape index (κ2) is 11.6. The van der Waals surface area contributed by atoms with Gasteiger partial charge >= 0.3 is 0 Å². The number of nitrogens with one attached hydrogen (secondary N) is 1. The zero-order chi connectivity index (χ0) is 25.5. The van der Waals surface area contributed by atoms with Crippen LogP contribution >= 0.6 is 23.4 Å². The number of anilines is 2. The van der Waals surface area contributed by atoms with Crippen LogP contribution in [0.15, 0.2) is 113 Å². The summed E-state index contributed by atoms with van der Waals surface area (Å²) in [6.07, 6.45) is 0. The number of hydrogen-bond acceptors (Lipinski definition) is 4. The lowest BCUT2D eigenvalue weighted by Gasteiger charge is -2.24. The summed E-state index contributed by atoms with van der Waals surface area (Å²) in [6, 6.07) is 30.6. The molecule has 0 radical (unpaired) electrons. The largest absolute Gasteiger partial charge is 0.325 e. The standard InChI is InChI=1S/C28H25ClN2O3S2/c1-21-7-15-25(16-8-21)31(36(33,34)27-17-11-23(29)12-18-27)19-28(32)30-24-13-9-22(10-14-24)20-35-26-5-3-2-4-6-26/h2-18H,19-20H2,1H3,(H,30,32). The Kier molecular flexibility index (Phi) is 8.36. The molecule has 0 aliphatic carbocycles. The molecule has 184 valence electrons. The predicted octanol–water partition coefficient (Wildman–Crippen LogP) is 6.77. The molecule has 0 fully saturated rings. The van der Waals surface area contributed by atoms with E-state index in [1.54, 1.807) is 23.9 Å². The van der Waals surface area contributed by atoms with Crippen LogP contribution in [0.4, 0.5) is 11.4 Å². The van der Waals surface area contributed by atoms with Gasteiger partial charge in [0.15, 0.2) is 0 Å². The number of aryl methyl sites for hydroxylation is 1. The molecule has 4 aromatic rings. The summed E-state index contributed by atoms with van der Waals surface area (Å²) in [5.74, 6) is 0.359. The van der Waals surface area contributed by atoms with Gasteiger partial charge < -0.3 is 5.32 Å². The lowest BCUT2D eigenvalue weighted by atomic mass is 10.2. The minimum atomic E-state index is -4.00. The number of carbonyl (C=O) groups is 1. The van der Waals surface area contributed by atoms with Crippen LogP contribution in [0, 0.1) is 6.92 Å². The van der Waals surface area contributed by atoms with Gasteiger partial charge in [0.25, 0.3) is 10.0 Å². The molecule has 0 saturated carbocycles. The quantitative estimate of drug-likeness (QED) is 0.240. The van der Waals surface area contributed by atoms with Crippen LogP contribution in [0.1, 0.15) is 11.1 Å². The first kappa shape index (κ1) is 25.8. The van der Waals surface area contributed by atoms with Crippen molar-refractivity contribution >= 4 is 50.7 Å². The maximum Gasteiger partial charge on any atom is 0.264 e. The van der Waals surface area contributed by atoms with E-state index in [0.29, 0.717) is 16.4 Å². The Morgan fingerprint density at radius 2 is 1.50 bits per heavy atom. The van der Waals surface area contributed by atoms with Crippen molar-refractivity contribution in [1.82, 2.24) is 0 Å². The fraction of sp³-hybridized carbons (Fsp3) is 0.107. The van der Waals surface area contributed by atoms with Gasteiger partial charge in [0, 0.05) is 21.4 Å². The van der Waals surface area contributed by atoms with Gasteiger partial charge in [-0.05, 0) is 73.2 Å². The van der Waals surface area contributed by atoms with Crippen molar-refractivity contribution in [1.29, 1.82) is 0 Å². The Morgan fingerprint density at radius 1 is 0.861 bits per heavy atom. The van der Waals surface area contributed by atoms with Gasteiger partial charge in [0.05, 0.1) is 10.6 Å². The number of sulfonamides is 1.